The molecular formula is C12H11F6NO2. The summed E-state index contributed by atoms with van der Waals surface area (Å²) >= 11 is 0. The molecule has 9 heteroatoms. The van der Waals surface area contributed by atoms with Crippen molar-refractivity contribution in [2.24, 2.45) is 5.73 Å². The lowest BCUT2D eigenvalue weighted by Gasteiger charge is -2.24. The predicted octanol–water partition coefficient (Wildman–Crippen LogP) is 3.04. The number of carbonyl (C=O) groups excluding carboxylic acids is 1. The molecule has 3 nitrogen and oxygen atoms in total. The molecule has 0 heterocycles. The third-order valence-corrected chi connectivity index (χ3v) is 2.61. The normalized spacial score (nSPS) is 13.9. The molecule has 1 aromatic carbocycles. The maximum absolute atomic E-state index is 13.7. The fraction of sp³-hybridized carbons (Fsp3) is 0.417. The Morgan fingerprint density at radius 2 is 1.86 bits per heavy atom. The van der Waals surface area contributed by atoms with E-state index in [4.69, 9.17) is 5.73 Å². The van der Waals surface area contributed by atoms with E-state index in [9.17, 15) is 31.1 Å². The Bertz CT molecular complexity index is 529. The van der Waals surface area contributed by atoms with Gasteiger partial charge < -0.3 is 10.5 Å². The number of esters is 1. The van der Waals surface area contributed by atoms with Gasteiger partial charge in [-0.1, -0.05) is 6.07 Å². The third kappa shape index (κ3) is 3.46. The second kappa shape index (κ2) is 5.92. The number of halogens is 6. The van der Waals surface area contributed by atoms with Crippen LogP contribution in [0.3, 0.4) is 0 Å². The zero-order chi connectivity index (χ0) is 16.4. The summed E-state index contributed by atoms with van der Waals surface area (Å²) in [5.74, 6) is -8.20. The molecule has 0 saturated heterocycles. The first-order valence-electron chi connectivity index (χ1n) is 5.69. The molecule has 21 heavy (non-hydrogen) atoms. The molecule has 0 bridgehead atoms. The monoisotopic (exact) mass is 315 g/mol. The SMILES string of the molecule is CCOC(=O)C(F)(F)[C@@H](N)c1c(F)cccc1C(F)(F)F. The number of hydrogen-bond donors (Lipinski definition) is 1. The van der Waals surface area contributed by atoms with Gasteiger partial charge in [-0.25, -0.2) is 9.18 Å². The Labute approximate surface area is 115 Å². The molecule has 2 N–H and O–H groups in total. The molecule has 0 spiro atoms. The second-order valence-corrected chi connectivity index (χ2v) is 4.02. The maximum Gasteiger partial charge on any atom is 0.416 e. The van der Waals surface area contributed by atoms with Gasteiger partial charge in [-0.2, -0.15) is 22.0 Å². The van der Waals surface area contributed by atoms with Crippen molar-refractivity contribution >= 4 is 5.97 Å². The predicted molar refractivity (Wildman–Crippen MR) is 59.9 cm³/mol. The van der Waals surface area contributed by atoms with Crippen molar-refractivity contribution < 1.29 is 35.9 Å². The highest BCUT2D eigenvalue weighted by atomic mass is 19.4. The van der Waals surface area contributed by atoms with Crippen molar-refractivity contribution in [1.29, 1.82) is 0 Å². The molecule has 0 fully saturated rings. The fourth-order valence-electron chi connectivity index (χ4n) is 1.64. The largest absolute Gasteiger partial charge is 0.462 e. The van der Waals surface area contributed by atoms with E-state index >= 15 is 0 Å². The summed E-state index contributed by atoms with van der Waals surface area (Å²) < 4.78 is 83.2. The van der Waals surface area contributed by atoms with Crippen LogP contribution in [0.15, 0.2) is 18.2 Å². The standard InChI is InChI=1S/C12H11F6NO2/c1-2-21-10(20)11(14,15)9(19)8-6(12(16,17)18)4-3-5-7(8)13/h3-5,9H,2,19H2,1H3/t9-/m0/s1. The minimum Gasteiger partial charge on any atom is -0.462 e. The number of hydrogen-bond acceptors (Lipinski definition) is 3. The van der Waals surface area contributed by atoms with Crippen molar-refractivity contribution in [2.75, 3.05) is 6.61 Å². The molecule has 0 aromatic heterocycles. The van der Waals surface area contributed by atoms with Crippen molar-refractivity contribution in [3.63, 3.8) is 0 Å². The number of rotatable bonds is 4. The van der Waals surface area contributed by atoms with Crippen molar-refractivity contribution in [3.8, 4) is 0 Å². The van der Waals surface area contributed by atoms with E-state index in [1.54, 1.807) is 0 Å². The van der Waals surface area contributed by atoms with Gasteiger partial charge in [0, 0.05) is 5.56 Å². The van der Waals surface area contributed by atoms with Crippen LogP contribution in [0.25, 0.3) is 0 Å². The topological polar surface area (TPSA) is 52.3 Å². The number of alkyl halides is 5. The molecule has 118 valence electrons. The van der Waals surface area contributed by atoms with Gasteiger partial charge in [-0.15, -0.1) is 0 Å². The summed E-state index contributed by atoms with van der Waals surface area (Å²) in [6.45, 7) is 0.800. The van der Waals surface area contributed by atoms with Crippen LogP contribution in [0.5, 0.6) is 0 Å². The Balaban J connectivity index is 3.36. The lowest BCUT2D eigenvalue weighted by atomic mass is 9.95. The van der Waals surface area contributed by atoms with Gasteiger partial charge >= 0.3 is 18.1 Å². The minimum absolute atomic E-state index is 0.402. The Kier molecular flexibility index (Phi) is 4.87. The molecule has 0 amide bonds. The molecule has 0 unspecified atom stereocenters. The summed E-state index contributed by atoms with van der Waals surface area (Å²) in [5, 5.41) is 0. The fourth-order valence-corrected chi connectivity index (χ4v) is 1.64. The van der Waals surface area contributed by atoms with Crippen LogP contribution >= 0.6 is 0 Å². The molecule has 0 radical (unpaired) electrons. The van der Waals surface area contributed by atoms with E-state index in [1.807, 2.05) is 0 Å². The lowest BCUT2D eigenvalue weighted by Crippen LogP contribution is -2.43. The van der Waals surface area contributed by atoms with Crippen LogP contribution in [-0.2, 0) is 15.7 Å². The van der Waals surface area contributed by atoms with Gasteiger partial charge in [-0.05, 0) is 19.1 Å². The molecule has 0 saturated carbocycles. The van der Waals surface area contributed by atoms with Crippen LogP contribution in [0.4, 0.5) is 26.3 Å². The average Bonchev–Trinajstić information content (AvgIpc) is 2.36. The quantitative estimate of drug-likeness (QED) is 0.686. The van der Waals surface area contributed by atoms with Gasteiger partial charge in [0.05, 0.1) is 12.2 Å². The first kappa shape index (κ1) is 17.3. The molecular weight excluding hydrogens is 304 g/mol. The van der Waals surface area contributed by atoms with E-state index in [0.717, 1.165) is 0 Å². The van der Waals surface area contributed by atoms with E-state index < -0.39 is 47.7 Å². The minimum atomic E-state index is -5.10. The smallest absolute Gasteiger partial charge is 0.416 e. The third-order valence-electron chi connectivity index (χ3n) is 2.61. The highest BCUT2D eigenvalue weighted by molar-refractivity contribution is 5.79. The first-order valence-corrected chi connectivity index (χ1v) is 5.69. The summed E-state index contributed by atoms with van der Waals surface area (Å²) in [6, 6.07) is -1.17. The molecule has 0 aliphatic rings. The van der Waals surface area contributed by atoms with Crippen LogP contribution in [-0.4, -0.2) is 18.5 Å². The highest BCUT2D eigenvalue weighted by Crippen LogP contribution is 2.40. The zero-order valence-electron chi connectivity index (χ0n) is 10.7. The average molecular weight is 315 g/mol. The van der Waals surface area contributed by atoms with Crippen LogP contribution in [0.1, 0.15) is 24.1 Å². The second-order valence-electron chi connectivity index (χ2n) is 4.02. The van der Waals surface area contributed by atoms with E-state index in [0.29, 0.717) is 18.2 Å². The highest BCUT2D eigenvalue weighted by Gasteiger charge is 2.51. The maximum atomic E-state index is 13.7. The summed E-state index contributed by atoms with van der Waals surface area (Å²) in [6.07, 6.45) is -5.10. The Morgan fingerprint density at radius 3 is 2.33 bits per heavy atom. The number of carbonyl (C=O) groups is 1. The Morgan fingerprint density at radius 1 is 1.29 bits per heavy atom. The van der Waals surface area contributed by atoms with Gasteiger partial charge in [-0.3, -0.25) is 0 Å². The first-order chi connectivity index (χ1) is 9.53. The Hall–Kier alpha value is -1.77. The number of ether oxygens (including phenoxy) is 1. The van der Waals surface area contributed by atoms with E-state index in [1.165, 1.54) is 6.92 Å². The summed E-state index contributed by atoms with van der Waals surface area (Å²) in [5.41, 5.74) is 1.86. The van der Waals surface area contributed by atoms with Gasteiger partial charge in [0.2, 0.25) is 0 Å². The molecule has 1 atom stereocenters. The van der Waals surface area contributed by atoms with E-state index in [-0.39, 0.29) is 0 Å². The van der Waals surface area contributed by atoms with Gasteiger partial charge in [0.15, 0.2) is 0 Å². The summed E-state index contributed by atoms with van der Waals surface area (Å²) in [4.78, 5) is 11.1. The lowest BCUT2D eigenvalue weighted by molar-refractivity contribution is -0.175. The van der Waals surface area contributed by atoms with Gasteiger partial charge in [0.25, 0.3) is 0 Å². The number of benzene rings is 1. The van der Waals surface area contributed by atoms with Crippen molar-refractivity contribution in [3.05, 3.63) is 35.1 Å². The van der Waals surface area contributed by atoms with Gasteiger partial charge in [0.1, 0.15) is 11.9 Å². The molecule has 1 aromatic rings. The van der Waals surface area contributed by atoms with Crippen molar-refractivity contribution in [1.82, 2.24) is 0 Å². The summed E-state index contributed by atoms with van der Waals surface area (Å²) in [7, 11) is 0. The zero-order valence-corrected chi connectivity index (χ0v) is 10.7. The molecule has 0 aliphatic carbocycles. The number of nitrogens with two attached hydrogens (primary N) is 1. The van der Waals surface area contributed by atoms with Crippen LogP contribution in [0, 0.1) is 5.82 Å². The molecule has 0 aliphatic heterocycles. The molecule has 1 rings (SSSR count). The van der Waals surface area contributed by atoms with Crippen LogP contribution < -0.4 is 5.73 Å². The van der Waals surface area contributed by atoms with Crippen molar-refractivity contribution in [2.45, 2.75) is 25.1 Å². The van der Waals surface area contributed by atoms with E-state index in [2.05, 4.69) is 4.74 Å². The van der Waals surface area contributed by atoms with Crippen LogP contribution in [0.2, 0.25) is 0 Å².